The number of ether oxygens (including phenoxy) is 1. The predicted octanol–water partition coefficient (Wildman–Crippen LogP) is 4.15. The van der Waals surface area contributed by atoms with Gasteiger partial charge >= 0.3 is 5.97 Å². The highest BCUT2D eigenvalue weighted by atomic mass is 16.5. The van der Waals surface area contributed by atoms with Gasteiger partial charge in [-0.15, -0.1) is 0 Å². The second-order valence-corrected chi connectivity index (χ2v) is 4.90. The molecule has 0 heterocycles. The van der Waals surface area contributed by atoms with Crippen molar-refractivity contribution >= 4 is 5.97 Å². The molecular formula is C17H24O2. The number of hydrogen-bond acceptors (Lipinski definition) is 2. The minimum atomic E-state index is -0.115. The molecule has 0 aromatic heterocycles. The summed E-state index contributed by atoms with van der Waals surface area (Å²) in [5.74, 6) is -0.142. The quantitative estimate of drug-likeness (QED) is 0.543. The highest BCUT2D eigenvalue weighted by Gasteiger charge is 2.13. The minimum absolute atomic E-state index is 0.0268. The van der Waals surface area contributed by atoms with Crippen LogP contribution in [0.4, 0.5) is 0 Å². The van der Waals surface area contributed by atoms with Crippen LogP contribution in [0.1, 0.15) is 38.7 Å². The zero-order chi connectivity index (χ0) is 14.1. The summed E-state index contributed by atoms with van der Waals surface area (Å²) in [6.07, 6.45) is 6.10. The molecule has 19 heavy (non-hydrogen) atoms. The van der Waals surface area contributed by atoms with Gasteiger partial charge in [-0.3, -0.25) is 4.79 Å². The van der Waals surface area contributed by atoms with Crippen molar-refractivity contribution < 1.29 is 9.53 Å². The van der Waals surface area contributed by atoms with Crippen molar-refractivity contribution in [3.8, 4) is 0 Å². The zero-order valence-electron chi connectivity index (χ0n) is 12.2. The first-order chi connectivity index (χ1) is 9.17. The molecule has 1 rings (SSSR count). The van der Waals surface area contributed by atoms with Gasteiger partial charge in [-0.1, -0.05) is 55.8 Å². The van der Waals surface area contributed by atoms with E-state index in [1.165, 1.54) is 18.2 Å². The van der Waals surface area contributed by atoms with Crippen LogP contribution in [0.15, 0.2) is 42.0 Å². The van der Waals surface area contributed by atoms with E-state index in [1.807, 2.05) is 13.0 Å². The maximum atomic E-state index is 11.4. The summed E-state index contributed by atoms with van der Waals surface area (Å²) in [4.78, 5) is 11.4. The lowest BCUT2D eigenvalue weighted by Crippen LogP contribution is -2.12. The zero-order valence-corrected chi connectivity index (χ0v) is 12.2. The number of carbonyl (C=O) groups is 1. The Morgan fingerprint density at radius 3 is 2.58 bits per heavy atom. The van der Waals surface area contributed by atoms with Gasteiger partial charge in [0, 0.05) is 0 Å². The first-order valence-electron chi connectivity index (χ1n) is 6.97. The summed E-state index contributed by atoms with van der Waals surface area (Å²) in [5, 5.41) is 0. The van der Waals surface area contributed by atoms with E-state index in [4.69, 9.17) is 4.74 Å². The van der Waals surface area contributed by atoms with E-state index in [1.54, 1.807) is 0 Å². The molecule has 1 atom stereocenters. The lowest BCUT2D eigenvalue weighted by Gasteiger charge is -2.12. The van der Waals surface area contributed by atoms with E-state index < -0.39 is 0 Å². The molecular weight excluding hydrogens is 236 g/mol. The Balaban J connectivity index is 2.55. The molecule has 1 unspecified atom stereocenters. The summed E-state index contributed by atoms with van der Waals surface area (Å²) in [6.45, 7) is 4.08. The molecule has 0 bridgehead atoms. The summed E-state index contributed by atoms with van der Waals surface area (Å²) in [5.41, 5.74) is 2.73. The molecule has 0 aliphatic rings. The molecule has 0 N–H and O–H groups in total. The lowest BCUT2D eigenvalue weighted by atomic mass is 9.96. The van der Waals surface area contributed by atoms with Gasteiger partial charge in [-0.2, -0.15) is 0 Å². The van der Waals surface area contributed by atoms with E-state index in [9.17, 15) is 4.79 Å². The third-order valence-corrected chi connectivity index (χ3v) is 3.27. The van der Waals surface area contributed by atoms with E-state index >= 15 is 0 Å². The molecule has 2 heteroatoms. The standard InChI is InChI=1S/C17H24O2/c1-4-8-15(12-11-14(2)17(18)19-3)13-16-9-6-5-7-10-16/h5-10,14H,4,11-13H2,1-3H3/b15-8-. The van der Waals surface area contributed by atoms with Gasteiger partial charge in [0.15, 0.2) is 0 Å². The summed E-state index contributed by atoms with van der Waals surface area (Å²) in [7, 11) is 1.45. The Labute approximate surface area is 116 Å². The Hall–Kier alpha value is -1.57. The molecule has 0 spiro atoms. The second-order valence-electron chi connectivity index (χ2n) is 4.90. The molecule has 2 nitrogen and oxygen atoms in total. The van der Waals surface area contributed by atoms with Gasteiger partial charge in [0.1, 0.15) is 0 Å². The van der Waals surface area contributed by atoms with Crippen molar-refractivity contribution in [1.29, 1.82) is 0 Å². The summed E-state index contributed by atoms with van der Waals surface area (Å²) < 4.78 is 4.76. The average molecular weight is 260 g/mol. The van der Waals surface area contributed by atoms with Crippen LogP contribution in [-0.2, 0) is 16.0 Å². The van der Waals surface area contributed by atoms with Gasteiger partial charge in [0.25, 0.3) is 0 Å². The van der Waals surface area contributed by atoms with Gasteiger partial charge in [-0.25, -0.2) is 0 Å². The van der Waals surface area contributed by atoms with E-state index in [2.05, 4.69) is 37.3 Å². The molecule has 0 aliphatic heterocycles. The number of hydrogen-bond donors (Lipinski definition) is 0. The van der Waals surface area contributed by atoms with Crippen LogP contribution in [0.3, 0.4) is 0 Å². The monoisotopic (exact) mass is 260 g/mol. The van der Waals surface area contributed by atoms with Crippen molar-refractivity contribution in [3.63, 3.8) is 0 Å². The first-order valence-corrected chi connectivity index (χ1v) is 6.97. The van der Waals surface area contributed by atoms with Crippen molar-refractivity contribution in [2.75, 3.05) is 7.11 Å². The van der Waals surface area contributed by atoms with Crippen LogP contribution < -0.4 is 0 Å². The molecule has 104 valence electrons. The number of benzene rings is 1. The molecule has 0 fully saturated rings. The van der Waals surface area contributed by atoms with Crippen molar-refractivity contribution in [2.45, 2.75) is 39.5 Å². The van der Waals surface area contributed by atoms with E-state index in [0.717, 1.165) is 25.7 Å². The highest BCUT2D eigenvalue weighted by molar-refractivity contribution is 5.71. The summed E-state index contributed by atoms with van der Waals surface area (Å²) >= 11 is 0. The Morgan fingerprint density at radius 1 is 1.32 bits per heavy atom. The van der Waals surface area contributed by atoms with Gasteiger partial charge in [-0.05, 0) is 31.2 Å². The SMILES string of the molecule is CC/C=C(/CCC(C)C(=O)OC)Cc1ccccc1. The smallest absolute Gasteiger partial charge is 0.308 e. The maximum absolute atomic E-state index is 11.4. The Morgan fingerprint density at radius 2 is 2.00 bits per heavy atom. The number of esters is 1. The second kappa shape index (κ2) is 8.52. The fraction of sp³-hybridized carbons (Fsp3) is 0.471. The van der Waals surface area contributed by atoms with Crippen LogP contribution in [0.5, 0.6) is 0 Å². The van der Waals surface area contributed by atoms with E-state index in [-0.39, 0.29) is 11.9 Å². The van der Waals surface area contributed by atoms with E-state index in [0.29, 0.717) is 0 Å². The predicted molar refractivity (Wildman–Crippen MR) is 78.9 cm³/mol. The number of allylic oxidation sites excluding steroid dienone is 2. The summed E-state index contributed by atoms with van der Waals surface area (Å²) in [6, 6.07) is 10.5. The Bertz CT molecular complexity index is 407. The molecule has 0 saturated heterocycles. The number of rotatable bonds is 7. The molecule has 1 aromatic rings. The van der Waals surface area contributed by atoms with Crippen molar-refractivity contribution in [2.24, 2.45) is 5.92 Å². The van der Waals surface area contributed by atoms with Crippen molar-refractivity contribution in [3.05, 3.63) is 47.5 Å². The number of carbonyl (C=O) groups excluding carboxylic acids is 1. The van der Waals surface area contributed by atoms with Crippen LogP contribution in [0.25, 0.3) is 0 Å². The molecule has 0 radical (unpaired) electrons. The number of methoxy groups -OCH3 is 1. The van der Waals surface area contributed by atoms with Gasteiger partial charge in [0.2, 0.25) is 0 Å². The maximum Gasteiger partial charge on any atom is 0.308 e. The van der Waals surface area contributed by atoms with Gasteiger partial charge in [0.05, 0.1) is 13.0 Å². The Kier molecular flexibility index (Phi) is 6.94. The topological polar surface area (TPSA) is 26.3 Å². The third-order valence-electron chi connectivity index (χ3n) is 3.27. The van der Waals surface area contributed by atoms with Crippen LogP contribution in [-0.4, -0.2) is 13.1 Å². The average Bonchev–Trinajstić information content (AvgIpc) is 2.44. The van der Waals surface area contributed by atoms with Crippen LogP contribution in [0, 0.1) is 5.92 Å². The fourth-order valence-corrected chi connectivity index (χ4v) is 2.13. The normalized spacial score (nSPS) is 13.1. The third kappa shape index (κ3) is 5.73. The molecule has 0 amide bonds. The van der Waals surface area contributed by atoms with Crippen molar-refractivity contribution in [1.82, 2.24) is 0 Å². The minimum Gasteiger partial charge on any atom is -0.469 e. The lowest BCUT2D eigenvalue weighted by molar-refractivity contribution is -0.145. The molecule has 0 aliphatic carbocycles. The first kappa shape index (κ1) is 15.5. The largest absolute Gasteiger partial charge is 0.469 e. The molecule has 1 aromatic carbocycles. The highest BCUT2D eigenvalue weighted by Crippen LogP contribution is 2.18. The van der Waals surface area contributed by atoms with Gasteiger partial charge < -0.3 is 4.74 Å². The van der Waals surface area contributed by atoms with Crippen LogP contribution >= 0.6 is 0 Å². The van der Waals surface area contributed by atoms with Crippen LogP contribution in [0.2, 0.25) is 0 Å². The molecule has 0 saturated carbocycles. The fourth-order valence-electron chi connectivity index (χ4n) is 2.13.